The molecule has 0 atom stereocenters. The van der Waals surface area contributed by atoms with Crippen molar-refractivity contribution in [2.75, 3.05) is 13.1 Å². The van der Waals surface area contributed by atoms with Gasteiger partial charge in [-0.25, -0.2) is 0 Å². The number of rotatable bonds is 5. The lowest BCUT2D eigenvalue weighted by Gasteiger charge is -2.09. The zero-order valence-electron chi connectivity index (χ0n) is 11.9. The van der Waals surface area contributed by atoms with Crippen molar-refractivity contribution in [1.82, 2.24) is 10.6 Å². The third-order valence-corrected chi connectivity index (χ3v) is 4.24. The fourth-order valence-corrected chi connectivity index (χ4v) is 2.70. The Morgan fingerprint density at radius 1 is 0.913 bits per heavy atom. The zero-order valence-corrected chi connectivity index (χ0v) is 15.0. The van der Waals surface area contributed by atoms with Crippen LogP contribution in [0.5, 0.6) is 0 Å². The Bertz CT molecular complexity index is 738. The molecule has 0 fully saturated rings. The molecule has 0 aliphatic carbocycles. The molecule has 0 radical (unpaired) electrons. The van der Waals surface area contributed by atoms with Gasteiger partial charge in [0.1, 0.15) is 0 Å². The monoisotopic (exact) mass is 414 g/mol. The van der Waals surface area contributed by atoms with E-state index >= 15 is 0 Å². The Morgan fingerprint density at radius 3 is 2.17 bits per heavy atom. The van der Waals surface area contributed by atoms with Crippen LogP contribution >= 0.6 is 39.1 Å². The summed E-state index contributed by atoms with van der Waals surface area (Å²) in [6, 6.07) is 11.8. The molecule has 0 heterocycles. The second-order valence-corrected chi connectivity index (χ2v) is 6.31. The third kappa shape index (κ3) is 4.96. The minimum Gasteiger partial charge on any atom is -0.350 e. The van der Waals surface area contributed by atoms with Crippen LogP contribution in [0.3, 0.4) is 0 Å². The average Bonchev–Trinajstić information content (AvgIpc) is 2.53. The molecule has 0 bridgehead atoms. The van der Waals surface area contributed by atoms with Gasteiger partial charge >= 0.3 is 0 Å². The summed E-state index contributed by atoms with van der Waals surface area (Å²) in [5.74, 6) is -0.555. The van der Waals surface area contributed by atoms with Crippen LogP contribution in [0.2, 0.25) is 10.0 Å². The number of amides is 2. The minimum absolute atomic E-state index is 0.215. The standard InChI is InChI=1S/C16H13BrCl2N2O2/c17-13-4-2-1-3-11(13)15(22)20-7-8-21-16(23)12-9-10(18)5-6-14(12)19/h1-6,9H,7-8H2,(H,20,22)(H,21,23). The Hall–Kier alpha value is -1.56. The van der Waals surface area contributed by atoms with Crippen molar-refractivity contribution in [2.24, 2.45) is 0 Å². The summed E-state index contributed by atoms with van der Waals surface area (Å²) in [5.41, 5.74) is 0.841. The number of hydrogen-bond donors (Lipinski definition) is 2. The summed E-state index contributed by atoms with van der Waals surface area (Å²) in [6.07, 6.45) is 0. The van der Waals surface area contributed by atoms with Crippen LogP contribution in [0.25, 0.3) is 0 Å². The highest BCUT2D eigenvalue weighted by molar-refractivity contribution is 9.10. The van der Waals surface area contributed by atoms with Crippen molar-refractivity contribution in [1.29, 1.82) is 0 Å². The molecular weight excluding hydrogens is 403 g/mol. The number of carbonyl (C=O) groups excluding carboxylic acids is 2. The SMILES string of the molecule is O=C(NCCNC(=O)c1ccccc1Br)c1cc(Cl)ccc1Cl. The van der Waals surface area contributed by atoms with E-state index in [1.807, 2.05) is 6.07 Å². The van der Waals surface area contributed by atoms with E-state index in [2.05, 4.69) is 26.6 Å². The number of carbonyl (C=O) groups is 2. The molecule has 2 rings (SSSR count). The van der Waals surface area contributed by atoms with Gasteiger partial charge in [-0.05, 0) is 46.3 Å². The maximum Gasteiger partial charge on any atom is 0.252 e. The van der Waals surface area contributed by atoms with Crippen LogP contribution in [0.1, 0.15) is 20.7 Å². The van der Waals surface area contributed by atoms with Crippen molar-refractivity contribution in [3.63, 3.8) is 0 Å². The van der Waals surface area contributed by atoms with Gasteiger partial charge in [-0.3, -0.25) is 9.59 Å². The first kappa shape index (κ1) is 17.8. The quantitative estimate of drug-likeness (QED) is 0.727. The molecule has 2 amide bonds. The number of halogens is 3. The van der Waals surface area contributed by atoms with Gasteiger partial charge in [0, 0.05) is 22.6 Å². The van der Waals surface area contributed by atoms with Crippen LogP contribution < -0.4 is 10.6 Å². The van der Waals surface area contributed by atoms with Crippen LogP contribution in [0, 0.1) is 0 Å². The van der Waals surface area contributed by atoms with Gasteiger partial charge in [0.2, 0.25) is 0 Å². The van der Waals surface area contributed by atoms with E-state index in [0.717, 1.165) is 0 Å². The normalized spacial score (nSPS) is 10.2. The summed E-state index contributed by atoms with van der Waals surface area (Å²) in [5, 5.41) is 6.17. The summed E-state index contributed by atoms with van der Waals surface area (Å²) in [7, 11) is 0. The molecule has 0 spiro atoms. The van der Waals surface area contributed by atoms with Crippen LogP contribution in [0.15, 0.2) is 46.9 Å². The third-order valence-electron chi connectivity index (χ3n) is 2.99. The van der Waals surface area contributed by atoms with E-state index in [0.29, 0.717) is 32.2 Å². The van der Waals surface area contributed by atoms with Crippen LogP contribution in [0.4, 0.5) is 0 Å². The van der Waals surface area contributed by atoms with E-state index in [1.165, 1.54) is 6.07 Å². The fourth-order valence-electron chi connectivity index (χ4n) is 1.86. The predicted molar refractivity (Wildman–Crippen MR) is 95.3 cm³/mol. The number of hydrogen-bond acceptors (Lipinski definition) is 2. The van der Waals surface area contributed by atoms with Crippen LogP contribution in [-0.4, -0.2) is 24.9 Å². The highest BCUT2D eigenvalue weighted by atomic mass is 79.9. The van der Waals surface area contributed by atoms with Crippen molar-refractivity contribution in [2.45, 2.75) is 0 Å². The van der Waals surface area contributed by atoms with Crippen molar-refractivity contribution in [3.8, 4) is 0 Å². The summed E-state index contributed by atoms with van der Waals surface area (Å²) < 4.78 is 0.715. The lowest BCUT2D eigenvalue weighted by molar-refractivity contribution is 0.0927. The Kier molecular flexibility index (Phi) is 6.45. The zero-order chi connectivity index (χ0) is 16.8. The van der Waals surface area contributed by atoms with Crippen molar-refractivity contribution in [3.05, 3.63) is 68.1 Å². The first-order valence-electron chi connectivity index (χ1n) is 6.75. The Morgan fingerprint density at radius 2 is 1.52 bits per heavy atom. The fraction of sp³-hybridized carbons (Fsp3) is 0.125. The first-order valence-corrected chi connectivity index (χ1v) is 8.30. The maximum absolute atomic E-state index is 12.0. The molecule has 0 aliphatic rings. The molecule has 0 saturated carbocycles. The molecule has 4 nitrogen and oxygen atoms in total. The topological polar surface area (TPSA) is 58.2 Å². The van der Waals surface area contributed by atoms with E-state index in [4.69, 9.17) is 23.2 Å². The Balaban J connectivity index is 1.83. The molecule has 2 N–H and O–H groups in total. The molecule has 0 aliphatic heterocycles. The number of benzene rings is 2. The van der Waals surface area contributed by atoms with Crippen molar-refractivity contribution < 1.29 is 9.59 Å². The molecule has 0 unspecified atom stereocenters. The molecular formula is C16H13BrCl2N2O2. The highest BCUT2D eigenvalue weighted by Gasteiger charge is 2.11. The summed E-state index contributed by atoms with van der Waals surface area (Å²) >= 11 is 15.1. The second kappa shape index (κ2) is 8.34. The summed E-state index contributed by atoms with van der Waals surface area (Å²) in [6.45, 7) is 0.571. The molecule has 0 saturated heterocycles. The average molecular weight is 416 g/mol. The molecule has 7 heteroatoms. The second-order valence-electron chi connectivity index (χ2n) is 4.62. The highest BCUT2D eigenvalue weighted by Crippen LogP contribution is 2.20. The van der Waals surface area contributed by atoms with Gasteiger partial charge in [0.05, 0.1) is 16.1 Å². The first-order chi connectivity index (χ1) is 11.0. The van der Waals surface area contributed by atoms with Crippen LogP contribution in [-0.2, 0) is 0 Å². The molecule has 0 aromatic heterocycles. The van der Waals surface area contributed by atoms with Gasteiger partial charge in [0.25, 0.3) is 11.8 Å². The molecule has 2 aromatic rings. The van der Waals surface area contributed by atoms with Crippen molar-refractivity contribution >= 4 is 50.9 Å². The molecule has 120 valence electrons. The lowest BCUT2D eigenvalue weighted by atomic mass is 10.2. The van der Waals surface area contributed by atoms with Gasteiger partial charge in [-0.15, -0.1) is 0 Å². The van der Waals surface area contributed by atoms with E-state index in [9.17, 15) is 9.59 Å². The van der Waals surface area contributed by atoms with Gasteiger partial charge in [-0.2, -0.15) is 0 Å². The molecule has 2 aromatic carbocycles. The van der Waals surface area contributed by atoms with Gasteiger partial charge < -0.3 is 10.6 Å². The minimum atomic E-state index is -0.340. The predicted octanol–water partition coefficient (Wildman–Crippen LogP) is 3.92. The smallest absolute Gasteiger partial charge is 0.252 e. The number of nitrogens with one attached hydrogen (secondary N) is 2. The lowest BCUT2D eigenvalue weighted by Crippen LogP contribution is -2.34. The van der Waals surface area contributed by atoms with E-state index in [-0.39, 0.29) is 18.4 Å². The van der Waals surface area contributed by atoms with E-state index < -0.39 is 0 Å². The van der Waals surface area contributed by atoms with Gasteiger partial charge in [-0.1, -0.05) is 35.3 Å². The van der Waals surface area contributed by atoms with Gasteiger partial charge in [0.15, 0.2) is 0 Å². The van der Waals surface area contributed by atoms with E-state index in [1.54, 1.807) is 30.3 Å². The maximum atomic E-state index is 12.0. The Labute approximate surface area is 152 Å². The largest absolute Gasteiger partial charge is 0.350 e. The summed E-state index contributed by atoms with van der Waals surface area (Å²) in [4.78, 5) is 24.0. The molecule has 23 heavy (non-hydrogen) atoms.